The standard InChI is InChI=1S/C26H37N3O2/c1-3-28(4-2)21-17-27-26(30)23-10-12-24(13-11-23)31-25-15-19-29(20-16-25)18-14-22-8-6-5-7-9-22/h5-13,25H,3-4,14-21H2,1-2H3,(H,27,30). The summed E-state index contributed by atoms with van der Waals surface area (Å²) < 4.78 is 6.18. The van der Waals surface area contributed by atoms with Gasteiger partial charge in [0.1, 0.15) is 11.9 Å². The molecule has 1 aliphatic rings. The van der Waals surface area contributed by atoms with E-state index in [4.69, 9.17) is 4.74 Å². The highest BCUT2D eigenvalue weighted by molar-refractivity contribution is 5.94. The van der Waals surface area contributed by atoms with E-state index in [2.05, 4.69) is 59.3 Å². The molecule has 2 aromatic carbocycles. The van der Waals surface area contributed by atoms with Crippen LogP contribution in [0.5, 0.6) is 5.75 Å². The molecule has 0 saturated carbocycles. The van der Waals surface area contributed by atoms with Crippen LogP contribution in [-0.4, -0.2) is 67.6 Å². The van der Waals surface area contributed by atoms with Crippen LogP contribution in [0.4, 0.5) is 0 Å². The number of nitrogens with one attached hydrogen (secondary N) is 1. The summed E-state index contributed by atoms with van der Waals surface area (Å²) in [6.07, 6.45) is 3.44. The Bertz CT molecular complexity index is 767. The lowest BCUT2D eigenvalue weighted by Gasteiger charge is -2.32. The van der Waals surface area contributed by atoms with E-state index in [1.54, 1.807) is 0 Å². The van der Waals surface area contributed by atoms with Crippen LogP contribution in [0.1, 0.15) is 42.6 Å². The number of amides is 1. The zero-order valence-electron chi connectivity index (χ0n) is 19.1. The summed E-state index contributed by atoms with van der Waals surface area (Å²) in [5.41, 5.74) is 2.08. The van der Waals surface area contributed by atoms with Crippen molar-refractivity contribution in [2.75, 3.05) is 45.8 Å². The first kappa shape index (κ1) is 23.3. The number of ether oxygens (including phenoxy) is 1. The first-order chi connectivity index (χ1) is 15.2. The largest absolute Gasteiger partial charge is 0.490 e. The monoisotopic (exact) mass is 423 g/mol. The first-order valence-electron chi connectivity index (χ1n) is 11.7. The summed E-state index contributed by atoms with van der Waals surface area (Å²) in [6, 6.07) is 18.2. The molecule has 31 heavy (non-hydrogen) atoms. The second kappa shape index (κ2) is 12.5. The summed E-state index contributed by atoms with van der Waals surface area (Å²) in [4.78, 5) is 17.2. The molecular weight excluding hydrogens is 386 g/mol. The second-order valence-electron chi connectivity index (χ2n) is 8.20. The normalized spacial score (nSPS) is 15.2. The zero-order valence-corrected chi connectivity index (χ0v) is 19.1. The van der Waals surface area contributed by atoms with Gasteiger partial charge in [-0.05, 0) is 62.2 Å². The molecule has 0 aromatic heterocycles. The fraction of sp³-hybridized carbons (Fsp3) is 0.500. The average molecular weight is 424 g/mol. The Morgan fingerprint density at radius 2 is 1.71 bits per heavy atom. The van der Waals surface area contributed by atoms with Crippen molar-refractivity contribution in [2.24, 2.45) is 0 Å². The van der Waals surface area contributed by atoms with Crippen LogP contribution < -0.4 is 10.1 Å². The Morgan fingerprint density at radius 3 is 2.35 bits per heavy atom. The van der Waals surface area contributed by atoms with E-state index in [1.807, 2.05) is 24.3 Å². The highest BCUT2D eigenvalue weighted by Gasteiger charge is 2.20. The summed E-state index contributed by atoms with van der Waals surface area (Å²) in [5, 5.41) is 3.00. The fourth-order valence-electron chi connectivity index (χ4n) is 4.03. The van der Waals surface area contributed by atoms with Gasteiger partial charge in [-0.2, -0.15) is 0 Å². The van der Waals surface area contributed by atoms with Gasteiger partial charge in [-0.25, -0.2) is 0 Å². The van der Waals surface area contributed by atoms with Crippen LogP contribution in [-0.2, 0) is 6.42 Å². The molecule has 1 fully saturated rings. The Hall–Kier alpha value is -2.37. The van der Waals surface area contributed by atoms with Crippen molar-refractivity contribution in [3.63, 3.8) is 0 Å². The molecule has 1 aliphatic heterocycles. The van der Waals surface area contributed by atoms with E-state index in [0.717, 1.165) is 64.3 Å². The molecule has 1 heterocycles. The molecule has 0 radical (unpaired) electrons. The SMILES string of the molecule is CCN(CC)CCNC(=O)c1ccc(OC2CCN(CCc3ccccc3)CC2)cc1. The Kier molecular flexibility index (Phi) is 9.38. The Morgan fingerprint density at radius 1 is 1.03 bits per heavy atom. The van der Waals surface area contributed by atoms with Crippen LogP contribution in [0.25, 0.3) is 0 Å². The molecule has 0 aliphatic carbocycles. The molecule has 0 spiro atoms. The average Bonchev–Trinajstić information content (AvgIpc) is 2.82. The number of hydrogen-bond donors (Lipinski definition) is 1. The van der Waals surface area contributed by atoms with Crippen molar-refractivity contribution in [1.29, 1.82) is 0 Å². The Balaban J connectivity index is 1.37. The third-order valence-corrected chi connectivity index (χ3v) is 6.12. The predicted molar refractivity (Wildman–Crippen MR) is 127 cm³/mol. The van der Waals surface area contributed by atoms with Crippen molar-refractivity contribution >= 4 is 5.91 Å². The lowest BCUT2D eigenvalue weighted by Crippen LogP contribution is -2.39. The molecular formula is C26H37N3O2. The molecule has 3 rings (SSSR count). The molecule has 2 aromatic rings. The van der Waals surface area contributed by atoms with Gasteiger partial charge in [-0.15, -0.1) is 0 Å². The molecule has 1 saturated heterocycles. The van der Waals surface area contributed by atoms with E-state index < -0.39 is 0 Å². The molecule has 168 valence electrons. The quantitative estimate of drug-likeness (QED) is 0.596. The third kappa shape index (κ3) is 7.67. The summed E-state index contributed by atoms with van der Waals surface area (Å²) in [6.45, 7) is 11.1. The third-order valence-electron chi connectivity index (χ3n) is 6.12. The molecule has 0 unspecified atom stereocenters. The number of carbonyl (C=O) groups is 1. The smallest absolute Gasteiger partial charge is 0.251 e. The lowest BCUT2D eigenvalue weighted by molar-refractivity contribution is 0.0948. The van der Waals surface area contributed by atoms with E-state index in [-0.39, 0.29) is 12.0 Å². The van der Waals surface area contributed by atoms with Gasteiger partial charge in [0.25, 0.3) is 5.91 Å². The molecule has 1 N–H and O–H groups in total. The maximum atomic E-state index is 12.3. The van der Waals surface area contributed by atoms with Gasteiger partial charge >= 0.3 is 0 Å². The van der Waals surface area contributed by atoms with Crippen molar-refractivity contribution in [3.8, 4) is 5.75 Å². The minimum atomic E-state index is -0.0227. The van der Waals surface area contributed by atoms with Crippen molar-refractivity contribution in [2.45, 2.75) is 39.2 Å². The molecule has 5 heteroatoms. The summed E-state index contributed by atoms with van der Waals surface area (Å²) in [5.74, 6) is 0.827. The van der Waals surface area contributed by atoms with E-state index in [9.17, 15) is 4.79 Å². The van der Waals surface area contributed by atoms with Crippen molar-refractivity contribution in [1.82, 2.24) is 15.1 Å². The number of benzene rings is 2. The maximum absolute atomic E-state index is 12.3. The lowest BCUT2D eigenvalue weighted by atomic mass is 10.1. The summed E-state index contributed by atoms with van der Waals surface area (Å²) >= 11 is 0. The molecule has 0 bridgehead atoms. The van der Waals surface area contributed by atoms with Gasteiger partial charge in [0, 0.05) is 38.3 Å². The number of piperidine rings is 1. The van der Waals surface area contributed by atoms with Gasteiger partial charge in [-0.3, -0.25) is 4.79 Å². The minimum absolute atomic E-state index is 0.0227. The first-order valence-corrected chi connectivity index (χ1v) is 11.7. The van der Waals surface area contributed by atoms with Crippen LogP contribution in [0.2, 0.25) is 0 Å². The number of likely N-dealkylation sites (tertiary alicyclic amines) is 1. The number of hydrogen-bond acceptors (Lipinski definition) is 4. The van der Waals surface area contributed by atoms with E-state index in [1.165, 1.54) is 5.56 Å². The van der Waals surface area contributed by atoms with Gasteiger partial charge in [0.05, 0.1) is 0 Å². The van der Waals surface area contributed by atoms with Gasteiger partial charge < -0.3 is 19.9 Å². The van der Waals surface area contributed by atoms with Crippen LogP contribution >= 0.6 is 0 Å². The Labute approximate surface area is 187 Å². The van der Waals surface area contributed by atoms with E-state index >= 15 is 0 Å². The number of rotatable bonds is 11. The second-order valence-corrected chi connectivity index (χ2v) is 8.20. The predicted octanol–water partition coefficient (Wildman–Crippen LogP) is 3.84. The minimum Gasteiger partial charge on any atom is -0.490 e. The number of likely N-dealkylation sites (N-methyl/N-ethyl adjacent to an activating group) is 1. The molecule has 5 nitrogen and oxygen atoms in total. The van der Waals surface area contributed by atoms with Crippen molar-refractivity contribution in [3.05, 3.63) is 65.7 Å². The number of carbonyl (C=O) groups excluding carboxylic acids is 1. The highest BCUT2D eigenvalue weighted by atomic mass is 16.5. The van der Waals surface area contributed by atoms with Gasteiger partial charge in [0.15, 0.2) is 0 Å². The van der Waals surface area contributed by atoms with Crippen molar-refractivity contribution < 1.29 is 9.53 Å². The van der Waals surface area contributed by atoms with Gasteiger partial charge in [-0.1, -0.05) is 44.2 Å². The van der Waals surface area contributed by atoms with Crippen LogP contribution in [0.3, 0.4) is 0 Å². The molecule has 0 atom stereocenters. The van der Waals surface area contributed by atoms with Crippen LogP contribution in [0.15, 0.2) is 54.6 Å². The van der Waals surface area contributed by atoms with Gasteiger partial charge in [0.2, 0.25) is 0 Å². The number of nitrogens with zero attached hydrogens (tertiary/aromatic N) is 2. The highest BCUT2D eigenvalue weighted by Crippen LogP contribution is 2.20. The zero-order chi connectivity index (χ0) is 21.9. The molecule has 1 amide bonds. The maximum Gasteiger partial charge on any atom is 0.251 e. The van der Waals surface area contributed by atoms with Crippen LogP contribution in [0, 0.1) is 0 Å². The summed E-state index contributed by atoms with van der Waals surface area (Å²) in [7, 11) is 0. The fourth-order valence-corrected chi connectivity index (χ4v) is 4.03. The van der Waals surface area contributed by atoms with E-state index in [0.29, 0.717) is 12.1 Å². The topological polar surface area (TPSA) is 44.8 Å².